The lowest BCUT2D eigenvalue weighted by Crippen LogP contribution is -2.56. The first-order valence-corrected chi connectivity index (χ1v) is 9.32. The second-order valence-corrected chi connectivity index (χ2v) is 6.63. The van der Waals surface area contributed by atoms with Crippen molar-refractivity contribution in [2.45, 2.75) is 25.7 Å². The molecule has 1 aliphatic rings. The normalized spacial score (nSPS) is 16.9. The Morgan fingerprint density at radius 1 is 1.21 bits per heavy atom. The predicted octanol–water partition coefficient (Wildman–Crippen LogP) is 2.97. The van der Waals surface area contributed by atoms with Crippen molar-refractivity contribution >= 4 is 29.9 Å². The van der Waals surface area contributed by atoms with E-state index in [1.54, 1.807) is 14.2 Å². The molecule has 166 valence electrons. The monoisotopic (exact) mass is 530 g/mol. The van der Waals surface area contributed by atoms with Crippen LogP contribution in [-0.4, -0.2) is 81.5 Å². The van der Waals surface area contributed by atoms with Gasteiger partial charge in [-0.05, 0) is 24.6 Å². The van der Waals surface area contributed by atoms with E-state index in [1.807, 2.05) is 29.2 Å². The maximum absolute atomic E-state index is 12.9. The molecule has 1 unspecified atom stereocenters. The lowest BCUT2D eigenvalue weighted by molar-refractivity contribution is -0.181. The van der Waals surface area contributed by atoms with Gasteiger partial charge in [0.15, 0.2) is 5.96 Å². The second kappa shape index (κ2) is 12.4. The molecule has 2 rings (SSSR count). The minimum Gasteiger partial charge on any atom is -0.491 e. The Hall–Kier alpha value is -1.27. The number of ether oxygens (including phenoxy) is 2. The summed E-state index contributed by atoms with van der Waals surface area (Å²) in [6, 6.07) is 6.30. The van der Waals surface area contributed by atoms with Crippen molar-refractivity contribution in [3.05, 3.63) is 29.8 Å². The molecule has 0 amide bonds. The number of hydrogen-bond donors (Lipinski definition) is 1. The Morgan fingerprint density at radius 2 is 1.90 bits per heavy atom. The maximum Gasteiger partial charge on any atom is 0.403 e. The van der Waals surface area contributed by atoms with Gasteiger partial charge in [0.1, 0.15) is 18.4 Å². The summed E-state index contributed by atoms with van der Waals surface area (Å²) in [5, 5.41) is 3.28. The number of aliphatic imine (C=N–C) groups is 1. The van der Waals surface area contributed by atoms with Crippen LogP contribution in [0.2, 0.25) is 0 Å². The van der Waals surface area contributed by atoms with Gasteiger partial charge < -0.3 is 19.7 Å². The van der Waals surface area contributed by atoms with E-state index in [-0.39, 0.29) is 24.0 Å². The minimum atomic E-state index is -4.20. The first-order valence-electron chi connectivity index (χ1n) is 9.32. The molecule has 0 saturated carbocycles. The standard InChI is InChI=1S/C19H29F3N4O2.HI/c1-15(19(20,21)22)25-7-9-26(10-8-25)18(23-2)24-14-16-5-4-6-17(13-16)28-12-11-27-3;/h4-6,13,15H,7-12,14H2,1-3H3,(H,23,24);1H. The zero-order valence-electron chi connectivity index (χ0n) is 17.0. The quantitative estimate of drug-likeness (QED) is 0.255. The van der Waals surface area contributed by atoms with Crippen molar-refractivity contribution in [3.63, 3.8) is 0 Å². The van der Waals surface area contributed by atoms with Gasteiger partial charge in [-0.1, -0.05) is 12.1 Å². The molecule has 0 radical (unpaired) electrons. The van der Waals surface area contributed by atoms with Gasteiger partial charge in [-0.25, -0.2) is 0 Å². The molecule has 1 saturated heterocycles. The molecule has 10 heteroatoms. The van der Waals surface area contributed by atoms with E-state index in [0.717, 1.165) is 11.3 Å². The van der Waals surface area contributed by atoms with Crippen LogP contribution >= 0.6 is 24.0 Å². The molecular weight excluding hydrogens is 500 g/mol. The third kappa shape index (κ3) is 8.17. The van der Waals surface area contributed by atoms with Gasteiger partial charge in [0, 0.05) is 46.9 Å². The number of halogens is 4. The molecule has 1 aromatic rings. The summed E-state index contributed by atoms with van der Waals surface area (Å²) in [4.78, 5) is 7.72. The summed E-state index contributed by atoms with van der Waals surface area (Å²) in [5.41, 5.74) is 1.03. The van der Waals surface area contributed by atoms with Crippen LogP contribution in [0.4, 0.5) is 13.2 Å². The van der Waals surface area contributed by atoms with E-state index in [0.29, 0.717) is 51.9 Å². The Kier molecular flexibility index (Phi) is 11.0. The van der Waals surface area contributed by atoms with Crippen molar-refractivity contribution in [1.29, 1.82) is 0 Å². The van der Waals surface area contributed by atoms with Crippen LogP contribution in [0.1, 0.15) is 12.5 Å². The highest BCUT2D eigenvalue weighted by atomic mass is 127. The third-order valence-electron chi connectivity index (χ3n) is 4.75. The summed E-state index contributed by atoms with van der Waals surface area (Å²) >= 11 is 0. The molecule has 6 nitrogen and oxygen atoms in total. The number of nitrogens with one attached hydrogen (secondary N) is 1. The van der Waals surface area contributed by atoms with Gasteiger partial charge in [-0.2, -0.15) is 13.2 Å². The highest BCUT2D eigenvalue weighted by Crippen LogP contribution is 2.25. The fourth-order valence-corrected chi connectivity index (χ4v) is 3.03. The van der Waals surface area contributed by atoms with Crippen molar-refractivity contribution in [2.75, 3.05) is 53.6 Å². The average Bonchev–Trinajstić information content (AvgIpc) is 2.68. The van der Waals surface area contributed by atoms with Crippen LogP contribution in [-0.2, 0) is 11.3 Å². The highest BCUT2D eigenvalue weighted by molar-refractivity contribution is 14.0. The Bertz CT molecular complexity index is 638. The van der Waals surface area contributed by atoms with Gasteiger partial charge >= 0.3 is 6.18 Å². The maximum atomic E-state index is 12.9. The van der Waals surface area contributed by atoms with Crippen LogP contribution < -0.4 is 10.1 Å². The molecule has 1 aliphatic heterocycles. The number of rotatable bonds is 7. The summed E-state index contributed by atoms with van der Waals surface area (Å²) in [7, 11) is 3.30. The molecule has 1 aromatic carbocycles. The smallest absolute Gasteiger partial charge is 0.403 e. The minimum absolute atomic E-state index is 0. The lowest BCUT2D eigenvalue weighted by atomic mass is 10.2. The summed E-state index contributed by atoms with van der Waals surface area (Å²) in [6.45, 7) is 4.47. The van der Waals surface area contributed by atoms with Crippen LogP contribution in [0.5, 0.6) is 5.75 Å². The molecule has 0 spiro atoms. The third-order valence-corrected chi connectivity index (χ3v) is 4.75. The molecule has 0 aromatic heterocycles. The van der Waals surface area contributed by atoms with Gasteiger partial charge in [-0.15, -0.1) is 24.0 Å². The van der Waals surface area contributed by atoms with Gasteiger partial charge in [-0.3, -0.25) is 9.89 Å². The number of hydrogen-bond acceptors (Lipinski definition) is 4. The molecule has 1 N–H and O–H groups in total. The SMILES string of the molecule is CN=C(NCc1cccc(OCCOC)c1)N1CCN(C(C)C(F)(F)F)CC1.I. The lowest BCUT2D eigenvalue weighted by Gasteiger charge is -2.39. The molecular formula is C19H30F3IN4O2. The zero-order chi connectivity index (χ0) is 20.6. The number of guanidine groups is 1. The molecule has 1 atom stereocenters. The number of alkyl halides is 3. The van der Waals surface area contributed by atoms with Crippen molar-refractivity contribution in [1.82, 2.24) is 15.1 Å². The predicted molar refractivity (Wildman–Crippen MR) is 118 cm³/mol. The fraction of sp³-hybridized carbons (Fsp3) is 0.632. The summed E-state index contributed by atoms with van der Waals surface area (Å²) in [6.07, 6.45) is -4.20. The topological polar surface area (TPSA) is 49.3 Å². The first kappa shape index (κ1) is 25.8. The number of methoxy groups -OCH3 is 1. The van der Waals surface area contributed by atoms with Crippen LogP contribution in [0.25, 0.3) is 0 Å². The fourth-order valence-electron chi connectivity index (χ4n) is 3.03. The first-order chi connectivity index (χ1) is 13.3. The van der Waals surface area contributed by atoms with E-state index in [9.17, 15) is 13.2 Å². The van der Waals surface area contributed by atoms with Gasteiger partial charge in [0.2, 0.25) is 0 Å². The largest absolute Gasteiger partial charge is 0.491 e. The second-order valence-electron chi connectivity index (χ2n) is 6.63. The van der Waals surface area contributed by atoms with Crippen molar-refractivity contribution < 1.29 is 22.6 Å². The Balaban J connectivity index is 0.00000420. The highest BCUT2D eigenvalue weighted by Gasteiger charge is 2.41. The van der Waals surface area contributed by atoms with E-state index >= 15 is 0 Å². The van der Waals surface area contributed by atoms with E-state index in [4.69, 9.17) is 9.47 Å². The van der Waals surface area contributed by atoms with Crippen LogP contribution in [0.15, 0.2) is 29.3 Å². The Labute approximate surface area is 187 Å². The van der Waals surface area contributed by atoms with Crippen molar-refractivity contribution in [3.8, 4) is 5.75 Å². The number of benzene rings is 1. The van der Waals surface area contributed by atoms with Gasteiger partial charge in [0.05, 0.1) is 6.61 Å². The Morgan fingerprint density at radius 3 is 2.48 bits per heavy atom. The zero-order valence-corrected chi connectivity index (χ0v) is 19.4. The summed E-state index contributed by atoms with van der Waals surface area (Å²) in [5.74, 6) is 1.45. The van der Waals surface area contributed by atoms with E-state index in [2.05, 4.69) is 10.3 Å². The van der Waals surface area contributed by atoms with Gasteiger partial charge in [0.25, 0.3) is 0 Å². The van der Waals surface area contributed by atoms with E-state index in [1.165, 1.54) is 11.8 Å². The average molecular weight is 530 g/mol. The summed E-state index contributed by atoms with van der Waals surface area (Å²) < 4.78 is 49.2. The molecule has 0 aliphatic carbocycles. The molecule has 1 heterocycles. The van der Waals surface area contributed by atoms with Crippen LogP contribution in [0.3, 0.4) is 0 Å². The van der Waals surface area contributed by atoms with Crippen molar-refractivity contribution in [2.24, 2.45) is 4.99 Å². The van der Waals surface area contributed by atoms with Crippen LogP contribution in [0, 0.1) is 0 Å². The number of piperazine rings is 1. The van der Waals surface area contributed by atoms with E-state index < -0.39 is 12.2 Å². The number of nitrogens with zero attached hydrogens (tertiary/aromatic N) is 3. The molecule has 1 fully saturated rings. The molecule has 0 bridgehead atoms. The molecule has 29 heavy (non-hydrogen) atoms.